The number of thioether (sulfide) groups is 1. The summed E-state index contributed by atoms with van der Waals surface area (Å²) in [5.41, 5.74) is 5.72. The third-order valence-corrected chi connectivity index (χ3v) is 4.31. The first kappa shape index (κ1) is 10.6. The minimum absolute atomic E-state index is 0.398. The van der Waals surface area contributed by atoms with Crippen molar-refractivity contribution in [3.05, 3.63) is 28.2 Å². The van der Waals surface area contributed by atoms with E-state index >= 15 is 0 Å². The molecule has 1 fully saturated rings. The maximum atomic E-state index is 5.92. The van der Waals surface area contributed by atoms with Gasteiger partial charge in [0.1, 0.15) is 0 Å². The van der Waals surface area contributed by atoms with Crippen LogP contribution >= 0.6 is 35.0 Å². The average molecular weight is 248 g/mol. The fraction of sp³-hybridized carbons (Fsp3) is 0.400. The highest BCUT2D eigenvalue weighted by Crippen LogP contribution is 2.37. The molecule has 0 spiro atoms. The molecule has 1 saturated carbocycles. The average Bonchev–Trinajstić information content (AvgIpc) is 2.09. The second-order valence-electron chi connectivity index (χ2n) is 3.55. The number of hydrogen-bond acceptors (Lipinski definition) is 2. The Morgan fingerprint density at radius 1 is 1.21 bits per heavy atom. The lowest BCUT2D eigenvalue weighted by Gasteiger charge is -2.31. The molecule has 0 unspecified atom stereocenters. The number of halogens is 2. The van der Waals surface area contributed by atoms with Crippen molar-refractivity contribution in [1.29, 1.82) is 0 Å². The summed E-state index contributed by atoms with van der Waals surface area (Å²) in [6, 6.07) is 6.15. The van der Waals surface area contributed by atoms with Crippen LogP contribution in [0.2, 0.25) is 10.0 Å². The van der Waals surface area contributed by atoms with E-state index in [4.69, 9.17) is 28.9 Å². The Kier molecular flexibility index (Phi) is 3.27. The van der Waals surface area contributed by atoms with Gasteiger partial charge in [-0.1, -0.05) is 23.2 Å². The summed E-state index contributed by atoms with van der Waals surface area (Å²) in [7, 11) is 0. The number of rotatable bonds is 2. The van der Waals surface area contributed by atoms with Crippen LogP contribution in [0.1, 0.15) is 12.8 Å². The summed E-state index contributed by atoms with van der Waals surface area (Å²) >= 11 is 13.6. The fourth-order valence-corrected chi connectivity index (χ4v) is 3.21. The zero-order valence-electron chi connectivity index (χ0n) is 7.54. The van der Waals surface area contributed by atoms with E-state index in [-0.39, 0.29) is 0 Å². The molecule has 0 bridgehead atoms. The molecule has 0 aliphatic heterocycles. The van der Waals surface area contributed by atoms with Crippen LogP contribution < -0.4 is 5.73 Å². The van der Waals surface area contributed by atoms with Crippen molar-refractivity contribution in [2.24, 2.45) is 5.73 Å². The van der Waals surface area contributed by atoms with Gasteiger partial charge < -0.3 is 5.73 Å². The van der Waals surface area contributed by atoms with E-state index in [1.54, 1.807) is 0 Å². The van der Waals surface area contributed by atoms with Crippen molar-refractivity contribution in [3.8, 4) is 0 Å². The number of hydrogen-bond donors (Lipinski definition) is 1. The van der Waals surface area contributed by atoms with Gasteiger partial charge in [0, 0.05) is 16.2 Å². The van der Waals surface area contributed by atoms with E-state index in [0.717, 1.165) is 12.8 Å². The second-order valence-corrected chi connectivity index (χ2v) is 5.74. The van der Waals surface area contributed by atoms with E-state index in [0.29, 0.717) is 21.3 Å². The first-order chi connectivity index (χ1) is 6.65. The van der Waals surface area contributed by atoms with Gasteiger partial charge in [-0.05, 0) is 31.0 Å². The van der Waals surface area contributed by atoms with Gasteiger partial charge in [0.05, 0.1) is 10.0 Å². The van der Waals surface area contributed by atoms with Gasteiger partial charge >= 0.3 is 0 Å². The summed E-state index contributed by atoms with van der Waals surface area (Å²) in [4.78, 5) is 1.18. The van der Waals surface area contributed by atoms with Crippen LogP contribution in [-0.2, 0) is 0 Å². The molecule has 14 heavy (non-hydrogen) atoms. The van der Waals surface area contributed by atoms with Gasteiger partial charge in [0.2, 0.25) is 0 Å². The third-order valence-electron chi connectivity index (χ3n) is 2.33. The number of benzene rings is 1. The molecule has 0 aromatic heterocycles. The largest absolute Gasteiger partial charge is 0.328 e. The maximum absolute atomic E-state index is 5.92. The Balaban J connectivity index is 2.00. The van der Waals surface area contributed by atoms with Crippen molar-refractivity contribution in [2.75, 3.05) is 0 Å². The predicted molar refractivity (Wildman–Crippen MR) is 63.3 cm³/mol. The molecule has 76 valence electrons. The van der Waals surface area contributed by atoms with E-state index in [9.17, 15) is 0 Å². The monoisotopic (exact) mass is 247 g/mol. The highest BCUT2D eigenvalue weighted by Gasteiger charge is 2.26. The molecule has 2 rings (SSSR count). The Morgan fingerprint density at radius 2 is 1.93 bits per heavy atom. The van der Waals surface area contributed by atoms with Gasteiger partial charge in [-0.15, -0.1) is 11.8 Å². The Morgan fingerprint density at radius 3 is 2.50 bits per heavy atom. The minimum Gasteiger partial charge on any atom is -0.328 e. The normalized spacial score (nSPS) is 25.9. The molecule has 1 aliphatic rings. The van der Waals surface area contributed by atoms with Crippen LogP contribution in [0.5, 0.6) is 0 Å². The van der Waals surface area contributed by atoms with E-state index in [2.05, 4.69) is 0 Å². The molecule has 2 N–H and O–H groups in total. The molecule has 0 heterocycles. The molecule has 4 heteroatoms. The smallest absolute Gasteiger partial charge is 0.0603 e. The maximum Gasteiger partial charge on any atom is 0.0603 e. The van der Waals surface area contributed by atoms with Crippen molar-refractivity contribution in [2.45, 2.75) is 29.0 Å². The van der Waals surface area contributed by atoms with E-state index < -0.39 is 0 Å². The van der Waals surface area contributed by atoms with Gasteiger partial charge in [-0.25, -0.2) is 0 Å². The summed E-state index contributed by atoms with van der Waals surface area (Å²) < 4.78 is 0. The van der Waals surface area contributed by atoms with Crippen LogP contribution in [0.3, 0.4) is 0 Å². The van der Waals surface area contributed by atoms with Gasteiger partial charge in [0.25, 0.3) is 0 Å². The van der Waals surface area contributed by atoms with Crippen LogP contribution in [-0.4, -0.2) is 11.3 Å². The van der Waals surface area contributed by atoms with Crippen molar-refractivity contribution in [3.63, 3.8) is 0 Å². The van der Waals surface area contributed by atoms with Crippen molar-refractivity contribution >= 4 is 35.0 Å². The predicted octanol–water partition coefficient (Wildman–Crippen LogP) is 3.58. The first-order valence-corrected chi connectivity index (χ1v) is 6.16. The van der Waals surface area contributed by atoms with Crippen LogP contribution in [0.25, 0.3) is 0 Å². The summed E-state index contributed by atoms with van der Waals surface area (Å²) in [6.45, 7) is 0. The third kappa shape index (κ3) is 2.37. The molecule has 1 aliphatic carbocycles. The Bertz CT molecular complexity index is 337. The SMILES string of the molecule is NC1CC(Sc2ccc(Cl)c(Cl)c2)C1. The van der Waals surface area contributed by atoms with Crippen molar-refractivity contribution < 1.29 is 0 Å². The molecule has 0 radical (unpaired) electrons. The zero-order chi connectivity index (χ0) is 10.1. The fourth-order valence-electron chi connectivity index (χ4n) is 1.45. The molecule has 0 saturated heterocycles. The zero-order valence-corrected chi connectivity index (χ0v) is 9.87. The highest BCUT2D eigenvalue weighted by atomic mass is 35.5. The van der Waals surface area contributed by atoms with Crippen LogP contribution in [0.15, 0.2) is 23.1 Å². The standard InChI is InChI=1S/C10H11Cl2NS/c11-9-2-1-7(5-10(9)12)14-8-3-6(13)4-8/h1-2,5-6,8H,3-4,13H2. The lowest BCUT2D eigenvalue weighted by Crippen LogP contribution is -2.38. The van der Waals surface area contributed by atoms with E-state index in [1.807, 2.05) is 30.0 Å². The minimum atomic E-state index is 0.398. The summed E-state index contributed by atoms with van der Waals surface area (Å²) in [5.74, 6) is 0. The number of nitrogens with two attached hydrogens (primary N) is 1. The molecule has 1 aromatic rings. The quantitative estimate of drug-likeness (QED) is 0.865. The Labute approximate surface area is 98.0 Å². The molecular formula is C10H11Cl2NS. The Hall–Kier alpha value is 0.110. The summed E-state index contributed by atoms with van der Waals surface area (Å²) in [6.07, 6.45) is 2.20. The topological polar surface area (TPSA) is 26.0 Å². The first-order valence-electron chi connectivity index (χ1n) is 4.52. The lowest BCUT2D eigenvalue weighted by atomic mass is 9.94. The van der Waals surface area contributed by atoms with Gasteiger partial charge in [-0.2, -0.15) is 0 Å². The molecular weight excluding hydrogens is 237 g/mol. The van der Waals surface area contributed by atoms with Crippen LogP contribution in [0, 0.1) is 0 Å². The van der Waals surface area contributed by atoms with Gasteiger partial charge in [-0.3, -0.25) is 0 Å². The molecule has 0 amide bonds. The lowest BCUT2D eigenvalue weighted by molar-refractivity contribution is 0.433. The van der Waals surface area contributed by atoms with E-state index in [1.165, 1.54) is 4.90 Å². The second kappa shape index (κ2) is 4.31. The van der Waals surface area contributed by atoms with Crippen molar-refractivity contribution in [1.82, 2.24) is 0 Å². The van der Waals surface area contributed by atoms with Gasteiger partial charge in [0.15, 0.2) is 0 Å². The molecule has 1 nitrogen and oxygen atoms in total. The molecule has 0 atom stereocenters. The molecule has 1 aromatic carbocycles. The van der Waals surface area contributed by atoms with Crippen LogP contribution in [0.4, 0.5) is 0 Å². The highest BCUT2D eigenvalue weighted by molar-refractivity contribution is 8.00. The summed E-state index contributed by atoms with van der Waals surface area (Å²) in [5, 5.41) is 1.89.